The third-order valence-corrected chi connectivity index (χ3v) is 7.56. The van der Waals surface area contributed by atoms with Crippen molar-refractivity contribution in [2.24, 2.45) is 32.9 Å². The van der Waals surface area contributed by atoms with E-state index in [-0.39, 0.29) is 0 Å². The monoisotopic (exact) mass is 552 g/mol. The predicted molar refractivity (Wildman–Crippen MR) is 122 cm³/mol. The van der Waals surface area contributed by atoms with E-state index >= 15 is 0 Å². The molecule has 1 aliphatic carbocycles. The number of unbranched alkanes of at least 4 members (excludes halogenated alkanes) is 1. The van der Waals surface area contributed by atoms with Crippen LogP contribution in [0.2, 0.25) is 0 Å². The molecule has 1 aliphatic rings. The molecule has 1 aromatic rings. The van der Waals surface area contributed by atoms with E-state index < -0.39 is 0 Å². The van der Waals surface area contributed by atoms with Gasteiger partial charge in [-0.05, 0) is 29.6 Å². The van der Waals surface area contributed by atoms with Crippen molar-refractivity contribution < 1.29 is 20.9 Å². The molecule has 0 saturated heterocycles. The zero-order valence-electron chi connectivity index (χ0n) is 20.0. The van der Waals surface area contributed by atoms with E-state index in [0.717, 1.165) is 63.3 Å². The number of hydrogen-bond acceptors (Lipinski definition) is 1. The first-order chi connectivity index (χ1) is 13.0. The molecular formula is C26H45NTa-2. The molecule has 0 radical (unpaired) electrons. The van der Waals surface area contributed by atoms with E-state index in [1.54, 1.807) is 0 Å². The van der Waals surface area contributed by atoms with Crippen molar-refractivity contribution in [3.05, 3.63) is 43.2 Å². The molecule has 2 heteroatoms. The van der Waals surface area contributed by atoms with Crippen LogP contribution in [0.1, 0.15) is 98.1 Å². The van der Waals surface area contributed by atoms with Crippen LogP contribution in [0.5, 0.6) is 0 Å². The predicted octanol–water partition coefficient (Wildman–Crippen LogP) is 8.91. The molecule has 2 rings (SSSR count). The summed E-state index contributed by atoms with van der Waals surface area (Å²) in [7, 11) is 0. The van der Waals surface area contributed by atoms with Crippen molar-refractivity contribution >= 4 is 5.69 Å². The van der Waals surface area contributed by atoms with E-state index in [4.69, 9.17) is 0 Å². The summed E-state index contributed by atoms with van der Waals surface area (Å²) in [5.74, 6) is 5.81. The Bertz CT molecular complexity index is 490. The Morgan fingerprint density at radius 3 is 1.21 bits per heavy atom. The van der Waals surface area contributed by atoms with Crippen molar-refractivity contribution in [2.75, 3.05) is 0 Å². The van der Waals surface area contributed by atoms with E-state index in [9.17, 15) is 0 Å². The Hall–Kier alpha value is -0.240. The summed E-state index contributed by atoms with van der Waals surface area (Å²) in [5, 5.41) is 0. The van der Waals surface area contributed by atoms with E-state index in [0.29, 0.717) is 11.8 Å². The zero-order valence-corrected chi connectivity index (χ0v) is 23.2. The Kier molecular flexibility index (Phi) is 13.8. The van der Waals surface area contributed by atoms with Crippen LogP contribution >= 0.6 is 0 Å². The van der Waals surface area contributed by atoms with Crippen molar-refractivity contribution in [3.63, 3.8) is 0 Å². The maximum absolute atomic E-state index is 4.52. The summed E-state index contributed by atoms with van der Waals surface area (Å²) < 4.78 is 4.52. The topological polar surface area (TPSA) is 12.4 Å². The van der Waals surface area contributed by atoms with Gasteiger partial charge in [0.05, 0.1) is 0 Å². The Morgan fingerprint density at radius 2 is 1.04 bits per heavy atom. The Morgan fingerprint density at radius 1 is 0.750 bits per heavy atom. The van der Waals surface area contributed by atoms with Crippen LogP contribution in [0.4, 0.5) is 5.69 Å². The van der Waals surface area contributed by atoms with Gasteiger partial charge in [0.25, 0.3) is 0 Å². The van der Waals surface area contributed by atoms with E-state index in [2.05, 4.69) is 97.7 Å². The number of benzene rings is 1. The molecular weight excluding hydrogens is 507 g/mol. The standard InChI is InChI=1S/C12H17N.C10H20.C4H8.Ta/c1-8(2)10-6-5-7-11(9(3)4)12(10)13;1-6-7(2)9(4)10(5)8(6)3;1-3-4-2;/h5-9H,1-4H3;6-10H,1-5H3;1-4H2;/q;;-2;. The quantitative estimate of drug-likeness (QED) is 0.331. The van der Waals surface area contributed by atoms with E-state index in [1.165, 1.54) is 16.8 Å². The van der Waals surface area contributed by atoms with Gasteiger partial charge in [-0.15, -0.1) is 0 Å². The average molecular weight is 553 g/mol. The molecule has 0 heterocycles. The molecule has 0 N–H and O–H groups in total. The van der Waals surface area contributed by atoms with Gasteiger partial charge in [-0.2, -0.15) is 0 Å². The largest absolute Gasteiger partial charge is 0.346 e. The summed E-state index contributed by atoms with van der Waals surface area (Å²) in [6.07, 6.45) is 1.92. The normalized spacial score (nSPS) is 26.4. The van der Waals surface area contributed by atoms with Gasteiger partial charge in [-0.1, -0.05) is 34.6 Å². The first-order valence-corrected chi connectivity index (χ1v) is 12.5. The van der Waals surface area contributed by atoms with Gasteiger partial charge in [0.1, 0.15) is 0 Å². The SMILES string of the molecule is CC(C)c1cccc(C(C)C)c1[N]=[Ta].CC1C(C)C(C)C(C)C1C.[CH2-]CC[CH2-]. The van der Waals surface area contributed by atoms with E-state index in [1.807, 2.05) is 0 Å². The summed E-state index contributed by atoms with van der Waals surface area (Å²) in [4.78, 5) is 0. The maximum Gasteiger partial charge on any atom is -0.0386 e. The van der Waals surface area contributed by atoms with Gasteiger partial charge in [-0.25, -0.2) is 12.8 Å². The van der Waals surface area contributed by atoms with Gasteiger partial charge >= 0.3 is 98.8 Å². The second kappa shape index (κ2) is 13.9. The minimum absolute atomic E-state index is 0.566. The van der Waals surface area contributed by atoms with Crippen LogP contribution in [0.25, 0.3) is 0 Å². The van der Waals surface area contributed by atoms with Crippen molar-refractivity contribution in [2.45, 2.75) is 87.0 Å². The fourth-order valence-corrected chi connectivity index (χ4v) is 4.85. The van der Waals surface area contributed by atoms with Crippen molar-refractivity contribution in [3.8, 4) is 0 Å². The van der Waals surface area contributed by atoms with Crippen molar-refractivity contribution in [1.82, 2.24) is 0 Å². The first kappa shape index (κ1) is 27.8. The van der Waals surface area contributed by atoms with Gasteiger partial charge in [-0.3, -0.25) is 0 Å². The minimum atomic E-state index is 0.566. The zero-order chi connectivity index (χ0) is 22.0. The number of rotatable bonds is 4. The minimum Gasteiger partial charge on any atom is -0.346 e. The fraction of sp³-hybridized carbons (Fsp3) is 0.692. The molecule has 1 aromatic carbocycles. The molecule has 0 unspecified atom stereocenters. The molecule has 1 nitrogen and oxygen atoms in total. The van der Waals surface area contributed by atoms with Crippen LogP contribution in [0, 0.1) is 43.4 Å². The Balaban J connectivity index is 0.000000454. The number of hydrogen-bond donors (Lipinski definition) is 0. The second-order valence-corrected chi connectivity index (χ2v) is 9.92. The summed E-state index contributed by atoms with van der Waals surface area (Å²) in [6.45, 7) is 28.0. The van der Waals surface area contributed by atoms with Gasteiger partial charge in [0.2, 0.25) is 0 Å². The average Bonchev–Trinajstić information content (AvgIpc) is 2.85. The smallest absolute Gasteiger partial charge is 0.0386 e. The molecule has 1 fully saturated rings. The van der Waals surface area contributed by atoms with Crippen molar-refractivity contribution in [1.29, 1.82) is 0 Å². The third kappa shape index (κ3) is 7.88. The van der Waals surface area contributed by atoms with Crippen LogP contribution in [-0.4, -0.2) is 0 Å². The fourth-order valence-electron chi connectivity index (χ4n) is 4.02. The number of nitrogens with zero attached hydrogens (tertiary/aromatic N) is 1. The molecule has 1 saturated carbocycles. The molecule has 0 bridgehead atoms. The molecule has 0 aliphatic heterocycles. The molecule has 0 aromatic heterocycles. The second-order valence-electron chi connectivity index (χ2n) is 9.20. The van der Waals surface area contributed by atoms with Crippen LogP contribution in [0.15, 0.2) is 21.5 Å². The summed E-state index contributed by atoms with van der Waals surface area (Å²) >= 11 is 1.09. The van der Waals surface area contributed by atoms with Crippen LogP contribution in [-0.2, 0) is 20.9 Å². The molecule has 28 heavy (non-hydrogen) atoms. The molecule has 0 spiro atoms. The maximum atomic E-state index is 4.52. The summed E-state index contributed by atoms with van der Waals surface area (Å²) in [6, 6.07) is 6.55. The third-order valence-electron chi connectivity index (χ3n) is 6.84. The Labute approximate surface area is 189 Å². The molecule has 0 amide bonds. The molecule has 161 valence electrons. The van der Waals surface area contributed by atoms with Crippen LogP contribution < -0.4 is 0 Å². The van der Waals surface area contributed by atoms with Gasteiger partial charge < -0.3 is 13.8 Å². The van der Waals surface area contributed by atoms with Crippen LogP contribution in [0.3, 0.4) is 0 Å². The first-order valence-electron chi connectivity index (χ1n) is 11.1. The molecule has 0 atom stereocenters. The van der Waals surface area contributed by atoms with Gasteiger partial charge in [0.15, 0.2) is 0 Å². The van der Waals surface area contributed by atoms with Gasteiger partial charge in [0, 0.05) is 0 Å². The summed E-state index contributed by atoms with van der Waals surface area (Å²) in [5.41, 5.74) is 4.02.